The number of carbonyl (C=O) groups excluding carboxylic acids is 4. The number of ether oxygens (including phenoxy) is 2. The van der Waals surface area contributed by atoms with Crippen LogP contribution in [-0.4, -0.2) is 46.0 Å². The van der Waals surface area contributed by atoms with Crippen molar-refractivity contribution in [3.8, 4) is 0 Å². The normalized spacial score (nSPS) is 19.0. The van der Waals surface area contributed by atoms with E-state index in [-0.39, 0.29) is 29.4 Å². The van der Waals surface area contributed by atoms with E-state index in [0.29, 0.717) is 6.42 Å². The SMILES string of the molecule is CC(=O)SC1CCC(NC(=O)[C@H](CC(=O)OC(C)(C)C)NC(=O)OCc2ccccc2)C1. The maximum absolute atomic E-state index is 12.9. The molecule has 1 saturated carbocycles. The molecule has 0 bridgehead atoms. The topological polar surface area (TPSA) is 111 Å². The standard InChI is InChI=1S/C23H32N2O6S/c1-15(26)32-18-11-10-17(12-18)24-21(28)19(13-20(27)31-23(2,3)4)25-22(29)30-14-16-8-6-5-7-9-16/h5-9,17-19H,10-14H2,1-4H3,(H,24,28)(H,25,29)/t17?,18?,19-/m0/s1. The summed E-state index contributed by atoms with van der Waals surface area (Å²) in [5.41, 5.74) is 0.0879. The highest BCUT2D eigenvalue weighted by molar-refractivity contribution is 8.14. The molecular weight excluding hydrogens is 432 g/mol. The van der Waals surface area contributed by atoms with Crippen LogP contribution in [0.15, 0.2) is 30.3 Å². The lowest BCUT2D eigenvalue weighted by molar-refractivity contribution is -0.156. The molecule has 2 amide bonds. The van der Waals surface area contributed by atoms with E-state index < -0.39 is 29.6 Å². The molecule has 2 unspecified atom stereocenters. The third kappa shape index (κ3) is 9.72. The summed E-state index contributed by atoms with van der Waals surface area (Å²) >= 11 is 1.28. The highest BCUT2D eigenvalue weighted by atomic mass is 32.2. The van der Waals surface area contributed by atoms with Crippen molar-refractivity contribution in [3.05, 3.63) is 35.9 Å². The van der Waals surface area contributed by atoms with E-state index in [1.54, 1.807) is 20.8 Å². The molecule has 0 aromatic heterocycles. The van der Waals surface area contributed by atoms with Crippen LogP contribution < -0.4 is 10.6 Å². The summed E-state index contributed by atoms with van der Waals surface area (Å²) in [5, 5.41) is 5.58. The summed E-state index contributed by atoms with van der Waals surface area (Å²) in [6.45, 7) is 6.76. The van der Waals surface area contributed by atoms with Gasteiger partial charge in [0, 0.05) is 18.2 Å². The third-order valence-corrected chi connectivity index (χ3v) is 5.77. The summed E-state index contributed by atoms with van der Waals surface area (Å²) in [4.78, 5) is 48.8. The summed E-state index contributed by atoms with van der Waals surface area (Å²) in [6, 6.07) is 7.88. The van der Waals surface area contributed by atoms with E-state index in [1.165, 1.54) is 18.7 Å². The molecule has 3 atom stereocenters. The van der Waals surface area contributed by atoms with Crippen LogP contribution in [-0.2, 0) is 30.5 Å². The van der Waals surface area contributed by atoms with Gasteiger partial charge in [-0.05, 0) is 45.6 Å². The molecule has 2 rings (SSSR count). The lowest BCUT2D eigenvalue weighted by Gasteiger charge is -2.23. The Bertz CT molecular complexity index is 808. The van der Waals surface area contributed by atoms with Crippen LogP contribution in [0.25, 0.3) is 0 Å². The van der Waals surface area contributed by atoms with E-state index in [0.717, 1.165) is 18.4 Å². The van der Waals surface area contributed by atoms with E-state index in [9.17, 15) is 19.2 Å². The van der Waals surface area contributed by atoms with Gasteiger partial charge in [-0.25, -0.2) is 4.79 Å². The smallest absolute Gasteiger partial charge is 0.408 e. The van der Waals surface area contributed by atoms with Crippen LogP contribution in [0.4, 0.5) is 4.79 Å². The van der Waals surface area contributed by atoms with Crippen molar-refractivity contribution in [2.75, 3.05) is 0 Å². The second-order valence-electron chi connectivity index (χ2n) is 8.80. The second-order valence-corrected chi connectivity index (χ2v) is 10.3. The molecule has 1 fully saturated rings. The Morgan fingerprint density at radius 3 is 2.44 bits per heavy atom. The first-order valence-electron chi connectivity index (χ1n) is 10.7. The Kier molecular flexibility index (Phi) is 9.56. The van der Waals surface area contributed by atoms with Gasteiger partial charge in [0.05, 0.1) is 6.42 Å². The van der Waals surface area contributed by atoms with Crippen LogP contribution >= 0.6 is 11.8 Å². The monoisotopic (exact) mass is 464 g/mol. The summed E-state index contributed by atoms with van der Waals surface area (Å²) in [5.74, 6) is -1.08. The molecule has 1 aliphatic carbocycles. The van der Waals surface area contributed by atoms with Gasteiger partial charge in [0.25, 0.3) is 0 Å². The predicted octanol–water partition coefficient (Wildman–Crippen LogP) is 3.33. The molecule has 2 N–H and O–H groups in total. The van der Waals surface area contributed by atoms with Crippen LogP contribution in [0, 0.1) is 0 Å². The van der Waals surface area contributed by atoms with Gasteiger partial charge in [0.1, 0.15) is 18.2 Å². The van der Waals surface area contributed by atoms with Gasteiger partial charge in [0.2, 0.25) is 5.91 Å². The van der Waals surface area contributed by atoms with Crippen molar-refractivity contribution in [2.45, 2.75) is 82.9 Å². The minimum atomic E-state index is -1.13. The number of benzene rings is 1. The molecule has 0 heterocycles. The van der Waals surface area contributed by atoms with Crippen molar-refractivity contribution in [3.63, 3.8) is 0 Å². The van der Waals surface area contributed by atoms with Gasteiger partial charge in [-0.3, -0.25) is 14.4 Å². The molecular formula is C23H32N2O6S. The number of carbonyl (C=O) groups is 4. The first kappa shape index (κ1) is 25.7. The lowest BCUT2D eigenvalue weighted by atomic mass is 10.1. The van der Waals surface area contributed by atoms with Crippen molar-refractivity contribution in [1.29, 1.82) is 0 Å². The van der Waals surface area contributed by atoms with Gasteiger partial charge in [0.15, 0.2) is 5.12 Å². The van der Waals surface area contributed by atoms with Crippen LogP contribution in [0.2, 0.25) is 0 Å². The Balaban J connectivity index is 1.96. The molecule has 8 nitrogen and oxygen atoms in total. The molecule has 0 saturated heterocycles. The average Bonchev–Trinajstić information content (AvgIpc) is 3.11. The van der Waals surface area contributed by atoms with Gasteiger partial charge >= 0.3 is 12.1 Å². The number of rotatable bonds is 8. The maximum Gasteiger partial charge on any atom is 0.408 e. The summed E-state index contributed by atoms with van der Waals surface area (Å²) < 4.78 is 10.5. The Morgan fingerprint density at radius 1 is 1.12 bits per heavy atom. The van der Waals surface area contributed by atoms with E-state index in [2.05, 4.69) is 10.6 Å². The zero-order valence-electron chi connectivity index (χ0n) is 19.0. The fourth-order valence-electron chi connectivity index (χ4n) is 3.38. The first-order chi connectivity index (χ1) is 15.0. The molecule has 1 aliphatic rings. The van der Waals surface area contributed by atoms with E-state index >= 15 is 0 Å². The third-order valence-electron chi connectivity index (χ3n) is 4.68. The Hall–Kier alpha value is -2.55. The molecule has 176 valence electrons. The highest BCUT2D eigenvalue weighted by Crippen LogP contribution is 2.30. The molecule has 1 aromatic carbocycles. The zero-order chi connectivity index (χ0) is 23.7. The number of alkyl carbamates (subject to hydrolysis) is 1. The zero-order valence-corrected chi connectivity index (χ0v) is 19.8. The summed E-state index contributed by atoms with van der Waals surface area (Å²) in [6.07, 6.45) is 1.09. The summed E-state index contributed by atoms with van der Waals surface area (Å²) in [7, 11) is 0. The van der Waals surface area contributed by atoms with Gasteiger partial charge in [-0.1, -0.05) is 42.1 Å². The fraction of sp³-hybridized carbons (Fsp3) is 0.565. The highest BCUT2D eigenvalue weighted by Gasteiger charge is 2.32. The molecule has 32 heavy (non-hydrogen) atoms. The Morgan fingerprint density at radius 2 is 1.81 bits per heavy atom. The van der Waals surface area contributed by atoms with Crippen molar-refractivity contribution >= 4 is 34.8 Å². The number of nitrogens with one attached hydrogen (secondary N) is 2. The van der Waals surface area contributed by atoms with Crippen LogP contribution in [0.5, 0.6) is 0 Å². The second kappa shape index (κ2) is 11.9. The quantitative estimate of drug-likeness (QED) is 0.568. The molecule has 0 radical (unpaired) electrons. The van der Waals surface area contributed by atoms with Crippen molar-refractivity contribution in [1.82, 2.24) is 10.6 Å². The number of thioether (sulfide) groups is 1. The number of hydrogen-bond donors (Lipinski definition) is 2. The van der Waals surface area contributed by atoms with Crippen molar-refractivity contribution in [2.24, 2.45) is 0 Å². The molecule has 9 heteroatoms. The number of amides is 2. The average molecular weight is 465 g/mol. The largest absolute Gasteiger partial charge is 0.460 e. The minimum absolute atomic E-state index is 0.0417. The molecule has 0 spiro atoms. The van der Waals surface area contributed by atoms with Crippen molar-refractivity contribution < 1.29 is 28.7 Å². The Labute approximate surface area is 193 Å². The molecule has 1 aromatic rings. The lowest BCUT2D eigenvalue weighted by Crippen LogP contribution is -2.50. The van der Waals surface area contributed by atoms with Crippen LogP contribution in [0.1, 0.15) is 58.9 Å². The molecule has 0 aliphatic heterocycles. The maximum atomic E-state index is 12.9. The van der Waals surface area contributed by atoms with Gasteiger partial charge in [-0.2, -0.15) is 0 Å². The predicted molar refractivity (Wildman–Crippen MR) is 122 cm³/mol. The first-order valence-corrected chi connectivity index (χ1v) is 11.6. The fourth-order valence-corrected chi connectivity index (χ4v) is 4.43. The van der Waals surface area contributed by atoms with Gasteiger partial charge in [-0.15, -0.1) is 0 Å². The number of hydrogen-bond acceptors (Lipinski definition) is 7. The minimum Gasteiger partial charge on any atom is -0.460 e. The van der Waals surface area contributed by atoms with E-state index in [4.69, 9.17) is 9.47 Å². The van der Waals surface area contributed by atoms with E-state index in [1.807, 2.05) is 30.3 Å². The number of esters is 1. The van der Waals surface area contributed by atoms with Gasteiger partial charge < -0.3 is 20.1 Å². The van der Waals surface area contributed by atoms with Crippen LogP contribution in [0.3, 0.4) is 0 Å².